The van der Waals surface area contributed by atoms with Gasteiger partial charge >= 0.3 is 0 Å². The Bertz CT molecular complexity index is 1210. The van der Waals surface area contributed by atoms with Crippen LogP contribution in [0.5, 0.6) is 0 Å². The van der Waals surface area contributed by atoms with Crippen molar-refractivity contribution in [3.05, 3.63) is 93.8 Å². The van der Waals surface area contributed by atoms with E-state index in [2.05, 4.69) is 20.6 Å². The van der Waals surface area contributed by atoms with Gasteiger partial charge in [-0.25, -0.2) is 0 Å². The third-order valence-corrected chi connectivity index (χ3v) is 5.50. The van der Waals surface area contributed by atoms with E-state index in [-0.39, 0.29) is 11.6 Å². The molecule has 0 fully saturated rings. The van der Waals surface area contributed by atoms with Crippen molar-refractivity contribution in [2.75, 3.05) is 6.54 Å². The number of fused-ring (bicyclic) bond motifs is 1. The number of carbonyl (C=O) groups is 1. The molecule has 4 rings (SSSR count). The lowest BCUT2D eigenvalue weighted by molar-refractivity contribution is -0.384. The average Bonchev–Trinajstić information content (AvgIpc) is 3.20. The number of nitro groups is 1. The van der Waals surface area contributed by atoms with Gasteiger partial charge in [0.05, 0.1) is 4.92 Å². The molecule has 156 valence electrons. The van der Waals surface area contributed by atoms with E-state index in [1.165, 1.54) is 23.9 Å². The van der Waals surface area contributed by atoms with Crippen LogP contribution in [0.4, 0.5) is 5.69 Å². The highest BCUT2D eigenvalue weighted by Gasteiger charge is 2.10. The molecule has 0 atom stereocenters. The van der Waals surface area contributed by atoms with Crippen LogP contribution in [0.3, 0.4) is 0 Å². The summed E-state index contributed by atoms with van der Waals surface area (Å²) in [5, 5.41) is 27.3. The standard InChI is InChI=1S/C21H18N6O3S/c28-21(16-4-2-1-3-5-16)22-13-12-19-24-23-18-10-11-20(25-26(18)19)31-14-15-6-8-17(9-7-15)27(29)30/h1-11H,12-14H2,(H,22,28). The molecule has 9 nitrogen and oxygen atoms in total. The first-order valence-electron chi connectivity index (χ1n) is 9.51. The number of carbonyl (C=O) groups excluding carboxylic acids is 1. The molecule has 2 heterocycles. The zero-order valence-corrected chi connectivity index (χ0v) is 17.2. The quantitative estimate of drug-likeness (QED) is 0.257. The van der Waals surface area contributed by atoms with Crippen molar-refractivity contribution < 1.29 is 9.72 Å². The minimum absolute atomic E-state index is 0.0711. The summed E-state index contributed by atoms with van der Waals surface area (Å²) in [6.07, 6.45) is 0.489. The molecular weight excluding hydrogens is 416 g/mol. The molecule has 10 heteroatoms. The molecule has 0 spiro atoms. The largest absolute Gasteiger partial charge is 0.352 e. The Hall–Kier alpha value is -3.79. The minimum Gasteiger partial charge on any atom is -0.352 e. The first-order valence-corrected chi connectivity index (χ1v) is 10.5. The van der Waals surface area contributed by atoms with Crippen molar-refractivity contribution in [2.24, 2.45) is 0 Å². The van der Waals surface area contributed by atoms with Crippen LogP contribution in [0.1, 0.15) is 21.7 Å². The van der Waals surface area contributed by atoms with Crippen molar-refractivity contribution in [2.45, 2.75) is 17.2 Å². The summed E-state index contributed by atoms with van der Waals surface area (Å²) >= 11 is 1.51. The van der Waals surface area contributed by atoms with Crippen molar-refractivity contribution >= 4 is 29.0 Å². The number of hydrogen-bond acceptors (Lipinski definition) is 7. The van der Waals surface area contributed by atoms with E-state index in [0.29, 0.717) is 35.8 Å². The number of benzene rings is 2. The maximum atomic E-state index is 12.2. The van der Waals surface area contributed by atoms with E-state index in [9.17, 15) is 14.9 Å². The van der Waals surface area contributed by atoms with Crippen LogP contribution < -0.4 is 5.32 Å². The van der Waals surface area contributed by atoms with Gasteiger partial charge in [0, 0.05) is 36.4 Å². The number of nitro benzene ring substituents is 1. The van der Waals surface area contributed by atoms with Crippen LogP contribution in [0.25, 0.3) is 5.65 Å². The van der Waals surface area contributed by atoms with Gasteiger partial charge in [-0.1, -0.05) is 42.1 Å². The van der Waals surface area contributed by atoms with Gasteiger partial charge < -0.3 is 5.32 Å². The van der Waals surface area contributed by atoms with Crippen molar-refractivity contribution in [3.8, 4) is 0 Å². The van der Waals surface area contributed by atoms with Crippen molar-refractivity contribution in [3.63, 3.8) is 0 Å². The minimum atomic E-state index is -0.414. The van der Waals surface area contributed by atoms with Crippen LogP contribution in [0.2, 0.25) is 0 Å². The van der Waals surface area contributed by atoms with Crippen LogP contribution in [0.15, 0.2) is 71.8 Å². The normalized spacial score (nSPS) is 10.8. The van der Waals surface area contributed by atoms with Crippen LogP contribution in [-0.2, 0) is 12.2 Å². The summed E-state index contributed by atoms with van der Waals surface area (Å²) in [4.78, 5) is 22.5. The summed E-state index contributed by atoms with van der Waals surface area (Å²) < 4.78 is 1.67. The number of non-ortho nitro benzene ring substituents is 1. The van der Waals surface area contributed by atoms with Gasteiger partial charge in [0.2, 0.25) is 0 Å². The summed E-state index contributed by atoms with van der Waals surface area (Å²) in [6.45, 7) is 0.413. The summed E-state index contributed by atoms with van der Waals surface area (Å²) in [5.41, 5.74) is 2.27. The molecule has 0 saturated heterocycles. The van der Waals surface area contributed by atoms with E-state index >= 15 is 0 Å². The number of hydrogen-bond donors (Lipinski definition) is 1. The predicted octanol–water partition coefficient (Wildman–Crippen LogP) is 3.30. The first-order chi connectivity index (χ1) is 15.1. The van der Waals surface area contributed by atoms with Crippen molar-refractivity contribution in [1.82, 2.24) is 25.1 Å². The number of thioether (sulfide) groups is 1. The molecule has 0 bridgehead atoms. The molecule has 0 aliphatic heterocycles. The van der Waals surface area contributed by atoms with E-state index in [4.69, 9.17) is 0 Å². The number of aromatic nitrogens is 4. The Balaban J connectivity index is 1.38. The van der Waals surface area contributed by atoms with Gasteiger partial charge in [-0.2, -0.15) is 9.61 Å². The van der Waals surface area contributed by atoms with E-state index in [1.807, 2.05) is 30.3 Å². The summed E-state index contributed by atoms with van der Waals surface area (Å²) in [6, 6.07) is 19.2. The van der Waals surface area contributed by atoms with Gasteiger partial charge in [-0.3, -0.25) is 14.9 Å². The second-order valence-corrected chi connectivity index (χ2v) is 7.64. The third kappa shape index (κ3) is 5.04. The molecule has 0 aliphatic rings. The molecule has 2 aromatic carbocycles. The molecule has 0 radical (unpaired) electrons. The van der Waals surface area contributed by atoms with Gasteiger partial charge in [0.25, 0.3) is 11.6 Å². The third-order valence-electron chi connectivity index (χ3n) is 4.51. The fourth-order valence-corrected chi connectivity index (χ4v) is 3.71. The highest BCUT2D eigenvalue weighted by molar-refractivity contribution is 7.98. The molecule has 1 N–H and O–H groups in total. The molecule has 1 amide bonds. The van der Waals surface area contributed by atoms with E-state index in [1.54, 1.807) is 28.8 Å². The lowest BCUT2D eigenvalue weighted by atomic mass is 10.2. The van der Waals surface area contributed by atoms with E-state index in [0.717, 1.165) is 10.6 Å². The monoisotopic (exact) mass is 434 g/mol. The van der Waals surface area contributed by atoms with Crippen LogP contribution >= 0.6 is 11.8 Å². The van der Waals surface area contributed by atoms with Gasteiger partial charge in [0.15, 0.2) is 11.5 Å². The number of amides is 1. The van der Waals surface area contributed by atoms with Crippen LogP contribution in [0, 0.1) is 10.1 Å². The zero-order chi connectivity index (χ0) is 21.6. The second kappa shape index (κ2) is 9.35. The summed E-state index contributed by atoms with van der Waals surface area (Å²) in [5.74, 6) is 1.14. The summed E-state index contributed by atoms with van der Waals surface area (Å²) in [7, 11) is 0. The van der Waals surface area contributed by atoms with Gasteiger partial charge in [-0.05, 0) is 29.8 Å². The topological polar surface area (TPSA) is 115 Å². The lowest BCUT2D eigenvalue weighted by Crippen LogP contribution is -2.26. The molecule has 0 saturated carbocycles. The Morgan fingerprint density at radius 3 is 2.55 bits per heavy atom. The number of nitrogens with one attached hydrogen (secondary N) is 1. The van der Waals surface area contributed by atoms with E-state index < -0.39 is 4.92 Å². The highest BCUT2D eigenvalue weighted by atomic mass is 32.2. The second-order valence-electron chi connectivity index (χ2n) is 6.64. The smallest absolute Gasteiger partial charge is 0.269 e. The molecule has 0 aliphatic carbocycles. The van der Waals surface area contributed by atoms with Crippen LogP contribution in [-0.4, -0.2) is 37.2 Å². The Labute approximate surface area is 181 Å². The fourth-order valence-electron chi connectivity index (χ4n) is 2.90. The van der Waals surface area contributed by atoms with Gasteiger partial charge in [-0.15, -0.1) is 10.2 Å². The predicted molar refractivity (Wildman–Crippen MR) is 116 cm³/mol. The molecule has 4 aromatic rings. The number of nitrogens with zero attached hydrogens (tertiary/aromatic N) is 5. The maximum Gasteiger partial charge on any atom is 0.269 e. The molecule has 2 aromatic heterocycles. The lowest BCUT2D eigenvalue weighted by Gasteiger charge is -2.05. The SMILES string of the molecule is O=C(NCCc1nnc2ccc(SCc3ccc([N+](=O)[O-])cc3)nn12)c1ccccc1. The average molecular weight is 434 g/mol. The Morgan fingerprint density at radius 1 is 1.03 bits per heavy atom. The van der Waals surface area contributed by atoms with Crippen molar-refractivity contribution in [1.29, 1.82) is 0 Å². The molecular formula is C21H18N6O3S. The Kier molecular flexibility index (Phi) is 6.18. The maximum absolute atomic E-state index is 12.2. The zero-order valence-electron chi connectivity index (χ0n) is 16.3. The highest BCUT2D eigenvalue weighted by Crippen LogP contribution is 2.22. The van der Waals surface area contributed by atoms with Gasteiger partial charge in [0.1, 0.15) is 5.03 Å². The molecule has 0 unspecified atom stereocenters. The number of rotatable bonds is 8. The fraction of sp³-hybridized carbons (Fsp3) is 0.143. The Morgan fingerprint density at radius 2 is 1.81 bits per heavy atom. The molecule has 31 heavy (non-hydrogen) atoms. The first kappa shape index (κ1) is 20.5.